The average molecular weight is 332 g/mol. The Balaban J connectivity index is 1.94. The van der Waals surface area contributed by atoms with Gasteiger partial charge < -0.3 is 14.1 Å². The van der Waals surface area contributed by atoms with Gasteiger partial charge in [0.25, 0.3) is 0 Å². The fourth-order valence-electron chi connectivity index (χ4n) is 2.53. The normalized spacial score (nSPS) is 14.5. The number of nitrogens with zero attached hydrogens (tertiary/aromatic N) is 1. The van der Waals surface area contributed by atoms with Gasteiger partial charge in [0.15, 0.2) is 11.3 Å². The van der Waals surface area contributed by atoms with E-state index in [0.717, 1.165) is 39.9 Å². The number of benzene rings is 1. The first-order valence-corrected chi connectivity index (χ1v) is 9.30. The topological polar surface area (TPSA) is 25.6 Å². The summed E-state index contributed by atoms with van der Waals surface area (Å²) in [5.41, 5.74) is 0.837. The molecular weight excluding hydrogens is 310 g/mol. The molecule has 22 heavy (non-hydrogen) atoms. The molecule has 0 fully saturated rings. The van der Waals surface area contributed by atoms with Crippen LogP contribution in [0.5, 0.6) is 5.75 Å². The SMILES string of the molecule is CN(C)CC[C@@]([SiH3])(Oc1cccc2ccoc12)c1cccs1. The minimum atomic E-state index is -0.223. The third-order valence-corrected chi connectivity index (χ3v) is 6.58. The van der Waals surface area contributed by atoms with Gasteiger partial charge in [0.1, 0.15) is 5.22 Å². The molecule has 0 spiro atoms. The molecule has 0 unspecified atom stereocenters. The lowest BCUT2D eigenvalue weighted by atomic mass is 10.2. The van der Waals surface area contributed by atoms with Crippen LogP contribution in [-0.4, -0.2) is 35.8 Å². The highest BCUT2D eigenvalue weighted by Crippen LogP contribution is 2.35. The molecule has 1 aromatic carbocycles. The maximum absolute atomic E-state index is 6.52. The molecule has 1 atom stereocenters. The molecule has 0 bridgehead atoms. The van der Waals surface area contributed by atoms with E-state index in [-0.39, 0.29) is 5.22 Å². The van der Waals surface area contributed by atoms with Gasteiger partial charge in [-0.3, -0.25) is 0 Å². The molecule has 5 heteroatoms. The van der Waals surface area contributed by atoms with Gasteiger partial charge in [-0.15, -0.1) is 11.3 Å². The molecule has 3 aromatic rings. The number of fused-ring (bicyclic) bond motifs is 1. The van der Waals surface area contributed by atoms with E-state index in [1.54, 1.807) is 17.6 Å². The maximum atomic E-state index is 6.52. The Labute approximate surface area is 137 Å². The van der Waals surface area contributed by atoms with Crippen LogP contribution in [0.3, 0.4) is 0 Å². The van der Waals surface area contributed by atoms with Crippen molar-refractivity contribution in [2.24, 2.45) is 0 Å². The van der Waals surface area contributed by atoms with Crippen molar-refractivity contribution in [2.75, 3.05) is 20.6 Å². The number of para-hydroxylation sites is 1. The van der Waals surface area contributed by atoms with Crippen molar-refractivity contribution in [1.29, 1.82) is 0 Å². The van der Waals surface area contributed by atoms with Crippen LogP contribution in [0.4, 0.5) is 0 Å². The van der Waals surface area contributed by atoms with Gasteiger partial charge in [0.05, 0.1) is 16.5 Å². The highest BCUT2D eigenvalue weighted by atomic mass is 32.1. The van der Waals surface area contributed by atoms with Gasteiger partial charge in [-0.1, -0.05) is 18.2 Å². The number of hydrogen-bond acceptors (Lipinski definition) is 4. The summed E-state index contributed by atoms with van der Waals surface area (Å²) in [6.45, 7) is 0.996. The third-order valence-electron chi connectivity index (χ3n) is 3.86. The Bertz CT molecular complexity index is 738. The molecule has 0 aliphatic carbocycles. The molecule has 0 aliphatic heterocycles. The fourth-order valence-corrected chi connectivity index (χ4v) is 4.35. The number of rotatable bonds is 6. The van der Waals surface area contributed by atoms with E-state index >= 15 is 0 Å². The minimum absolute atomic E-state index is 0.223. The Morgan fingerprint density at radius 2 is 2.09 bits per heavy atom. The smallest absolute Gasteiger partial charge is 0.175 e. The third kappa shape index (κ3) is 3.11. The van der Waals surface area contributed by atoms with Crippen LogP contribution >= 0.6 is 11.3 Å². The van der Waals surface area contributed by atoms with Crippen LogP contribution in [0.15, 0.2) is 52.5 Å². The van der Waals surface area contributed by atoms with E-state index in [1.807, 2.05) is 24.3 Å². The molecule has 3 rings (SSSR count). The molecule has 2 heterocycles. The van der Waals surface area contributed by atoms with Gasteiger partial charge in [-0.25, -0.2) is 0 Å². The van der Waals surface area contributed by atoms with Gasteiger partial charge in [0.2, 0.25) is 0 Å². The molecule has 116 valence electrons. The Morgan fingerprint density at radius 3 is 2.82 bits per heavy atom. The summed E-state index contributed by atoms with van der Waals surface area (Å²) in [7, 11) is 5.12. The zero-order valence-corrected chi connectivity index (χ0v) is 16.0. The highest BCUT2D eigenvalue weighted by molar-refractivity contribution is 7.10. The van der Waals surface area contributed by atoms with Gasteiger partial charge in [-0.05, 0) is 37.7 Å². The lowest BCUT2D eigenvalue weighted by molar-refractivity contribution is 0.138. The Hall–Kier alpha value is -1.56. The second-order valence-electron chi connectivity index (χ2n) is 5.96. The zero-order valence-electron chi connectivity index (χ0n) is 13.2. The van der Waals surface area contributed by atoms with Crippen LogP contribution in [0.1, 0.15) is 11.3 Å². The van der Waals surface area contributed by atoms with E-state index in [1.165, 1.54) is 4.88 Å². The highest BCUT2D eigenvalue weighted by Gasteiger charge is 2.30. The summed E-state index contributed by atoms with van der Waals surface area (Å²) in [5.74, 6) is 0.838. The second kappa shape index (κ2) is 6.28. The number of hydrogen-bond donors (Lipinski definition) is 0. The summed E-state index contributed by atoms with van der Waals surface area (Å²) in [6.07, 6.45) is 2.70. The van der Waals surface area contributed by atoms with Crippen LogP contribution in [0, 0.1) is 0 Å². The van der Waals surface area contributed by atoms with E-state index < -0.39 is 0 Å². The van der Waals surface area contributed by atoms with E-state index in [0.29, 0.717) is 0 Å². The summed E-state index contributed by atoms with van der Waals surface area (Å²) in [4.78, 5) is 3.50. The van der Waals surface area contributed by atoms with Gasteiger partial charge in [0, 0.05) is 23.2 Å². The zero-order chi connectivity index (χ0) is 15.6. The predicted molar refractivity (Wildman–Crippen MR) is 95.9 cm³/mol. The largest absolute Gasteiger partial charge is 0.483 e. The monoisotopic (exact) mass is 331 g/mol. The van der Waals surface area contributed by atoms with Gasteiger partial charge >= 0.3 is 0 Å². The van der Waals surface area contributed by atoms with Crippen LogP contribution < -0.4 is 4.74 Å². The number of ether oxygens (including phenoxy) is 1. The summed E-state index contributed by atoms with van der Waals surface area (Å²) < 4.78 is 12.1. The first-order chi connectivity index (χ1) is 10.6. The number of furan rings is 1. The summed E-state index contributed by atoms with van der Waals surface area (Å²) in [5, 5.41) is 2.98. The van der Waals surface area contributed by atoms with Crippen molar-refractivity contribution in [3.8, 4) is 5.75 Å². The van der Waals surface area contributed by atoms with Crippen LogP contribution in [0.2, 0.25) is 0 Å². The van der Waals surface area contributed by atoms with Crippen molar-refractivity contribution < 1.29 is 9.15 Å². The van der Waals surface area contributed by atoms with Crippen molar-refractivity contribution in [3.63, 3.8) is 0 Å². The van der Waals surface area contributed by atoms with E-state index in [9.17, 15) is 0 Å². The van der Waals surface area contributed by atoms with Crippen molar-refractivity contribution in [3.05, 3.63) is 52.9 Å². The Morgan fingerprint density at radius 1 is 1.23 bits per heavy atom. The minimum Gasteiger partial charge on any atom is -0.483 e. The molecule has 3 nitrogen and oxygen atoms in total. The quantitative estimate of drug-likeness (QED) is 0.649. The van der Waals surface area contributed by atoms with E-state index in [2.05, 4.69) is 36.5 Å². The van der Waals surface area contributed by atoms with Crippen molar-refractivity contribution >= 4 is 32.5 Å². The van der Waals surface area contributed by atoms with Crippen LogP contribution in [-0.2, 0) is 5.22 Å². The standard InChI is InChI=1S/C17H21NO2SSi/c1-18(2)10-9-17(22,15-7-4-12-21-15)20-14-6-3-5-13-8-11-19-16(13)14/h3-8,11-12H,9-10H2,1-2,22H3/t17-/m0/s1. The molecule has 0 saturated carbocycles. The molecule has 0 amide bonds. The van der Waals surface area contributed by atoms with Gasteiger partial charge in [-0.2, -0.15) is 0 Å². The first kappa shape index (κ1) is 15.3. The Kier molecular flexibility index (Phi) is 4.38. The molecule has 0 aliphatic rings. The average Bonchev–Trinajstić information content (AvgIpc) is 3.17. The molecule has 0 radical (unpaired) electrons. The fraction of sp³-hybridized carbons (Fsp3) is 0.294. The van der Waals surface area contributed by atoms with Crippen molar-refractivity contribution in [2.45, 2.75) is 11.6 Å². The van der Waals surface area contributed by atoms with Crippen LogP contribution in [0.25, 0.3) is 11.0 Å². The van der Waals surface area contributed by atoms with E-state index in [4.69, 9.17) is 9.15 Å². The molecular formula is C17H21NO2SSi. The second-order valence-corrected chi connectivity index (χ2v) is 8.52. The lowest BCUT2D eigenvalue weighted by Gasteiger charge is -2.31. The maximum Gasteiger partial charge on any atom is 0.175 e. The molecule has 0 N–H and O–H groups in total. The first-order valence-electron chi connectivity index (χ1n) is 7.42. The summed E-state index contributed by atoms with van der Waals surface area (Å²) in [6, 6.07) is 12.3. The number of thiophene rings is 1. The van der Waals surface area contributed by atoms with Crippen molar-refractivity contribution in [1.82, 2.24) is 4.90 Å². The lowest BCUT2D eigenvalue weighted by Crippen LogP contribution is -2.36. The molecule has 0 saturated heterocycles. The molecule has 2 aromatic heterocycles. The summed E-state index contributed by atoms with van der Waals surface area (Å²) >= 11 is 1.77. The predicted octanol–water partition coefficient (Wildman–Crippen LogP) is 3.04.